The van der Waals surface area contributed by atoms with Crippen LogP contribution in [0.5, 0.6) is 0 Å². The molecule has 0 aliphatic heterocycles. The summed E-state index contributed by atoms with van der Waals surface area (Å²) in [6.07, 6.45) is 2.40. The van der Waals surface area contributed by atoms with Crippen molar-refractivity contribution < 1.29 is 9.53 Å². The number of methoxy groups -OCH3 is 1. The van der Waals surface area contributed by atoms with Gasteiger partial charge in [0.2, 0.25) is 0 Å². The summed E-state index contributed by atoms with van der Waals surface area (Å²) in [4.78, 5) is 12.7. The smallest absolute Gasteiger partial charge is 0.254 e. The van der Waals surface area contributed by atoms with E-state index >= 15 is 0 Å². The molecule has 3 atom stereocenters. The topological polar surface area (TPSA) is 38.3 Å². The van der Waals surface area contributed by atoms with Gasteiger partial charge in [-0.1, -0.05) is 54.6 Å². The molecule has 23 heavy (non-hydrogen) atoms. The van der Waals surface area contributed by atoms with E-state index in [1.54, 1.807) is 18.9 Å². The first-order valence-electron chi connectivity index (χ1n) is 7.73. The molecule has 0 bridgehead atoms. The first-order chi connectivity index (χ1) is 11.2. The zero-order valence-corrected chi connectivity index (χ0v) is 14.2. The summed E-state index contributed by atoms with van der Waals surface area (Å²) in [7, 11) is 1.58. The summed E-state index contributed by atoms with van der Waals surface area (Å²) < 4.78 is 5.44. The Bertz CT molecular complexity index is 674. The van der Waals surface area contributed by atoms with Gasteiger partial charge in [0.15, 0.2) is 6.10 Å². The van der Waals surface area contributed by atoms with Gasteiger partial charge < -0.3 is 10.1 Å². The molecule has 0 saturated heterocycles. The van der Waals surface area contributed by atoms with Gasteiger partial charge in [-0.15, -0.1) is 0 Å². The number of thioether (sulfide) groups is 1. The van der Waals surface area contributed by atoms with Crippen LogP contribution in [-0.4, -0.2) is 25.3 Å². The highest BCUT2D eigenvalue weighted by Crippen LogP contribution is 2.40. The Kier molecular flexibility index (Phi) is 5.03. The van der Waals surface area contributed by atoms with Gasteiger partial charge in [-0.25, -0.2) is 0 Å². The van der Waals surface area contributed by atoms with Gasteiger partial charge in [-0.3, -0.25) is 4.79 Å². The van der Waals surface area contributed by atoms with E-state index in [1.807, 2.05) is 30.3 Å². The summed E-state index contributed by atoms with van der Waals surface area (Å²) in [5, 5.41) is 3.49. The van der Waals surface area contributed by atoms with E-state index in [4.69, 9.17) is 4.74 Å². The van der Waals surface area contributed by atoms with Gasteiger partial charge in [0.05, 0.1) is 5.25 Å². The lowest BCUT2D eigenvalue weighted by Gasteiger charge is -2.23. The van der Waals surface area contributed by atoms with Crippen LogP contribution in [0.1, 0.15) is 28.0 Å². The van der Waals surface area contributed by atoms with Crippen molar-refractivity contribution in [3.63, 3.8) is 0 Å². The molecule has 0 unspecified atom stereocenters. The van der Waals surface area contributed by atoms with Crippen LogP contribution in [0.3, 0.4) is 0 Å². The Morgan fingerprint density at radius 1 is 1.17 bits per heavy atom. The molecule has 1 aliphatic carbocycles. The van der Waals surface area contributed by atoms with E-state index in [0.717, 1.165) is 12.0 Å². The van der Waals surface area contributed by atoms with E-state index in [1.165, 1.54) is 11.1 Å². The van der Waals surface area contributed by atoms with Crippen molar-refractivity contribution in [2.75, 3.05) is 13.4 Å². The molecule has 3 nitrogen and oxygen atoms in total. The van der Waals surface area contributed by atoms with Gasteiger partial charge in [0.25, 0.3) is 5.91 Å². The second kappa shape index (κ2) is 7.20. The number of hydrogen-bond acceptors (Lipinski definition) is 3. The minimum atomic E-state index is -0.567. The van der Waals surface area contributed by atoms with Crippen molar-refractivity contribution in [2.24, 2.45) is 0 Å². The van der Waals surface area contributed by atoms with Gasteiger partial charge in [0, 0.05) is 13.2 Å². The second-order valence-corrected chi connectivity index (χ2v) is 6.68. The van der Waals surface area contributed by atoms with E-state index in [2.05, 4.69) is 35.8 Å². The molecule has 3 rings (SSSR count). The summed E-state index contributed by atoms with van der Waals surface area (Å²) in [5.41, 5.74) is 3.54. The molecule has 2 aromatic carbocycles. The van der Waals surface area contributed by atoms with E-state index in [0.29, 0.717) is 5.25 Å². The molecule has 1 N–H and O–H groups in total. The molecule has 2 aromatic rings. The number of hydrogen-bond donors (Lipinski definition) is 1. The maximum Gasteiger partial charge on any atom is 0.254 e. The quantitative estimate of drug-likeness (QED) is 0.913. The third-order valence-corrected chi connectivity index (χ3v) is 5.41. The number of fused-ring (bicyclic) bond motifs is 1. The largest absolute Gasteiger partial charge is 0.367 e. The lowest BCUT2D eigenvalue weighted by Crippen LogP contribution is -2.40. The highest BCUT2D eigenvalue weighted by atomic mass is 32.2. The second-order valence-electron chi connectivity index (χ2n) is 5.70. The van der Waals surface area contributed by atoms with E-state index < -0.39 is 6.10 Å². The fourth-order valence-corrected chi connectivity index (χ4v) is 4.23. The van der Waals surface area contributed by atoms with E-state index in [-0.39, 0.29) is 11.9 Å². The predicted molar refractivity (Wildman–Crippen MR) is 94.5 cm³/mol. The molecule has 1 aliphatic rings. The van der Waals surface area contributed by atoms with Crippen molar-refractivity contribution in [1.29, 1.82) is 0 Å². The average molecular weight is 327 g/mol. The van der Waals surface area contributed by atoms with Crippen molar-refractivity contribution in [3.05, 3.63) is 71.3 Å². The third-order valence-electron chi connectivity index (χ3n) is 4.32. The average Bonchev–Trinajstić information content (AvgIpc) is 2.93. The lowest BCUT2D eigenvalue weighted by molar-refractivity contribution is -0.132. The molecule has 4 heteroatoms. The van der Waals surface area contributed by atoms with Crippen LogP contribution in [0.25, 0.3) is 0 Å². The minimum absolute atomic E-state index is 0.0736. The summed E-state index contributed by atoms with van der Waals surface area (Å²) in [6.45, 7) is 0. The van der Waals surface area contributed by atoms with Crippen LogP contribution in [0, 0.1) is 0 Å². The molecule has 0 aromatic heterocycles. The zero-order chi connectivity index (χ0) is 16.2. The van der Waals surface area contributed by atoms with Crippen molar-refractivity contribution >= 4 is 17.7 Å². The minimum Gasteiger partial charge on any atom is -0.367 e. The number of benzene rings is 2. The molecule has 1 amide bonds. The molecule has 0 radical (unpaired) electrons. The summed E-state index contributed by atoms with van der Waals surface area (Å²) >= 11 is 1.78. The lowest BCUT2D eigenvalue weighted by atomic mass is 10.1. The number of ether oxygens (including phenoxy) is 1. The third kappa shape index (κ3) is 3.28. The number of amides is 1. The van der Waals surface area contributed by atoms with Crippen molar-refractivity contribution in [3.8, 4) is 0 Å². The number of carbonyl (C=O) groups excluding carboxylic acids is 1. The molecule has 0 spiro atoms. The maximum absolute atomic E-state index is 12.7. The first kappa shape index (κ1) is 16.1. The predicted octanol–water partition coefficient (Wildman–Crippen LogP) is 3.52. The van der Waals surface area contributed by atoms with Crippen LogP contribution in [0.15, 0.2) is 54.6 Å². The molecule has 0 saturated carbocycles. The normalized spacial score (nSPS) is 20.8. The molecular weight excluding hydrogens is 306 g/mol. The first-order valence-corrected chi connectivity index (χ1v) is 9.02. The van der Waals surface area contributed by atoms with Crippen LogP contribution in [0.4, 0.5) is 0 Å². The fraction of sp³-hybridized carbons (Fsp3) is 0.316. The Hall–Kier alpha value is -1.78. The standard InChI is InChI=1S/C19H21NO2S/c1-22-17(13-8-4-3-5-9-13)19(21)20-16-12-14-10-6-7-11-15(14)18(16)23-2/h3-11,16-18H,12H2,1-2H3,(H,20,21)/t16-,17-,18-/m0/s1. The van der Waals surface area contributed by atoms with Crippen LogP contribution >= 0.6 is 11.8 Å². The van der Waals surface area contributed by atoms with E-state index in [9.17, 15) is 4.79 Å². The monoisotopic (exact) mass is 327 g/mol. The fourth-order valence-electron chi connectivity index (χ4n) is 3.26. The number of rotatable bonds is 5. The molecule has 0 fully saturated rings. The van der Waals surface area contributed by atoms with Gasteiger partial charge >= 0.3 is 0 Å². The Morgan fingerprint density at radius 2 is 1.87 bits per heavy atom. The highest BCUT2D eigenvalue weighted by Gasteiger charge is 2.34. The number of nitrogens with one attached hydrogen (secondary N) is 1. The summed E-state index contributed by atoms with van der Waals surface area (Å²) in [6, 6.07) is 18.2. The van der Waals surface area contributed by atoms with Crippen LogP contribution < -0.4 is 5.32 Å². The maximum atomic E-state index is 12.7. The Morgan fingerprint density at radius 3 is 2.57 bits per heavy atom. The van der Waals surface area contributed by atoms with Crippen molar-refractivity contribution in [2.45, 2.75) is 23.8 Å². The molecule has 0 heterocycles. The molecule has 120 valence electrons. The van der Waals surface area contributed by atoms with Gasteiger partial charge in [-0.05, 0) is 29.4 Å². The Balaban J connectivity index is 1.75. The highest BCUT2D eigenvalue weighted by molar-refractivity contribution is 7.98. The molecular formula is C19H21NO2S. The van der Waals surface area contributed by atoms with Gasteiger partial charge in [-0.2, -0.15) is 11.8 Å². The van der Waals surface area contributed by atoms with Crippen LogP contribution in [-0.2, 0) is 16.0 Å². The zero-order valence-electron chi connectivity index (χ0n) is 13.4. The number of carbonyl (C=O) groups is 1. The SMILES string of the molecule is CO[C@H](C(=O)N[C@H]1Cc2ccccc2[C@@H]1SC)c1ccccc1. The van der Waals surface area contributed by atoms with Crippen molar-refractivity contribution in [1.82, 2.24) is 5.32 Å². The summed E-state index contributed by atoms with van der Waals surface area (Å²) in [5.74, 6) is -0.0736. The van der Waals surface area contributed by atoms with Gasteiger partial charge in [0.1, 0.15) is 0 Å². The van der Waals surface area contributed by atoms with Crippen LogP contribution in [0.2, 0.25) is 0 Å². The Labute approximate surface area is 141 Å².